The van der Waals surface area contributed by atoms with Gasteiger partial charge in [0.05, 0.1) is 29.5 Å². The summed E-state index contributed by atoms with van der Waals surface area (Å²) in [5.74, 6) is 0.631. The van der Waals surface area contributed by atoms with Crippen LogP contribution in [0.25, 0.3) is 16.6 Å². The Morgan fingerprint density at radius 2 is 1.87 bits per heavy atom. The number of carbonyl (C=O) groups is 1. The number of rotatable bonds is 6. The summed E-state index contributed by atoms with van der Waals surface area (Å²) >= 11 is 1.38. The van der Waals surface area contributed by atoms with Crippen molar-refractivity contribution in [3.8, 4) is 5.69 Å². The summed E-state index contributed by atoms with van der Waals surface area (Å²) in [7, 11) is 1.31. The molecule has 0 fully saturated rings. The van der Waals surface area contributed by atoms with Crippen LogP contribution in [0.2, 0.25) is 0 Å². The number of ether oxygens (including phenoxy) is 1. The summed E-state index contributed by atoms with van der Waals surface area (Å²) in [4.78, 5) is 29.8. The number of methoxy groups -OCH3 is 1. The first kappa shape index (κ1) is 20.0. The third kappa shape index (κ3) is 3.76. The zero-order chi connectivity index (χ0) is 21.1. The average Bonchev–Trinajstić information content (AvgIpc) is 3.26. The van der Waals surface area contributed by atoms with E-state index in [1.54, 1.807) is 22.8 Å². The minimum atomic E-state index is -0.524. The Kier molecular flexibility index (Phi) is 5.72. The van der Waals surface area contributed by atoms with Gasteiger partial charge < -0.3 is 9.15 Å². The van der Waals surface area contributed by atoms with Crippen molar-refractivity contribution < 1.29 is 13.9 Å². The molecule has 0 saturated carbocycles. The predicted molar refractivity (Wildman–Crippen MR) is 116 cm³/mol. The molecular weight excluding hydrogens is 400 g/mol. The van der Waals surface area contributed by atoms with Crippen LogP contribution in [0.15, 0.2) is 75.0 Å². The van der Waals surface area contributed by atoms with Crippen molar-refractivity contribution in [3.63, 3.8) is 0 Å². The number of esters is 1. The van der Waals surface area contributed by atoms with E-state index in [-0.39, 0.29) is 11.3 Å². The fraction of sp³-hybridized carbons (Fsp3) is 0.174. The fourth-order valence-electron chi connectivity index (χ4n) is 3.25. The van der Waals surface area contributed by atoms with E-state index in [1.807, 2.05) is 42.5 Å². The molecule has 0 atom stereocenters. The van der Waals surface area contributed by atoms with Gasteiger partial charge in [-0.05, 0) is 42.3 Å². The molecule has 2 aromatic carbocycles. The van der Waals surface area contributed by atoms with E-state index in [4.69, 9.17) is 9.40 Å². The van der Waals surface area contributed by atoms with Crippen LogP contribution in [-0.4, -0.2) is 22.6 Å². The zero-order valence-electron chi connectivity index (χ0n) is 16.6. The van der Waals surface area contributed by atoms with Crippen molar-refractivity contribution in [1.82, 2.24) is 9.55 Å². The van der Waals surface area contributed by atoms with Crippen molar-refractivity contribution in [2.24, 2.45) is 0 Å². The van der Waals surface area contributed by atoms with Crippen LogP contribution in [-0.2, 0) is 16.9 Å². The maximum Gasteiger partial charge on any atom is 0.373 e. The van der Waals surface area contributed by atoms with Gasteiger partial charge in [-0.15, -0.1) is 0 Å². The Labute approximate surface area is 177 Å². The fourth-order valence-corrected chi connectivity index (χ4v) is 4.15. The number of thioether (sulfide) groups is 1. The monoisotopic (exact) mass is 420 g/mol. The lowest BCUT2D eigenvalue weighted by Crippen LogP contribution is -2.22. The van der Waals surface area contributed by atoms with E-state index in [0.717, 1.165) is 17.7 Å². The molecule has 0 spiro atoms. The summed E-state index contributed by atoms with van der Waals surface area (Å²) in [6.07, 6.45) is 0.792. The van der Waals surface area contributed by atoms with E-state index >= 15 is 0 Å². The highest BCUT2D eigenvalue weighted by molar-refractivity contribution is 7.98. The number of furan rings is 1. The SMILES string of the molecule is CCc1ccccc1-n1c(SCc2ccc(C(=O)OC)o2)nc2ccccc2c1=O. The molecule has 0 unspecified atom stereocenters. The minimum absolute atomic E-state index is 0.112. The predicted octanol–water partition coefficient (Wildman–Crippen LogP) is 4.62. The van der Waals surface area contributed by atoms with Gasteiger partial charge in [0, 0.05) is 0 Å². The lowest BCUT2D eigenvalue weighted by atomic mass is 10.1. The number of fused-ring (bicyclic) bond motifs is 1. The summed E-state index contributed by atoms with van der Waals surface area (Å²) in [5, 5.41) is 1.13. The molecule has 7 heteroatoms. The maximum absolute atomic E-state index is 13.4. The van der Waals surface area contributed by atoms with Crippen LogP contribution >= 0.6 is 11.8 Å². The first-order valence-corrected chi connectivity index (χ1v) is 10.5. The lowest BCUT2D eigenvalue weighted by Gasteiger charge is -2.15. The van der Waals surface area contributed by atoms with Gasteiger partial charge in [-0.2, -0.15) is 0 Å². The maximum atomic E-state index is 13.4. The average molecular weight is 420 g/mol. The van der Waals surface area contributed by atoms with Gasteiger partial charge >= 0.3 is 5.97 Å². The number of aryl methyl sites for hydroxylation is 1. The number of aromatic nitrogens is 2. The van der Waals surface area contributed by atoms with Crippen LogP contribution in [0.5, 0.6) is 0 Å². The number of nitrogens with zero attached hydrogens (tertiary/aromatic N) is 2. The van der Waals surface area contributed by atoms with Gasteiger partial charge in [0.2, 0.25) is 5.76 Å². The minimum Gasteiger partial charge on any atom is -0.463 e. The van der Waals surface area contributed by atoms with Gasteiger partial charge in [0.15, 0.2) is 5.16 Å². The van der Waals surface area contributed by atoms with E-state index in [1.165, 1.54) is 18.9 Å². The summed E-state index contributed by atoms with van der Waals surface area (Å²) in [6, 6.07) is 18.5. The summed E-state index contributed by atoms with van der Waals surface area (Å²) in [6.45, 7) is 2.06. The van der Waals surface area contributed by atoms with Crippen LogP contribution < -0.4 is 5.56 Å². The van der Waals surface area contributed by atoms with Gasteiger partial charge in [0.1, 0.15) is 5.76 Å². The number of hydrogen-bond donors (Lipinski definition) is 0. The van der Waals surface area contributed by atoms with E-state index in [0.29, 0.717) is 27.6 Å². The number of hydrogen-bond acceptors (Lipinski definition) is 6. The molecule has 4 aromatic rings. The van der Waals surface area contributed by atoms with E-state index in [9.17, 15) is 9.59 Å². The molecule has 0 amide bonds. The van der Waals surface area contributed by atoms with Crippen LogP contribution in [0.1, 0.15) is 28.8 Å². The molecule has 4 rings (SSSR count). The number of carbonyl (C=O) groups excluding carboxylic acids is 1. The largest absolute Gasteiger partial charge is 0.463 e. The molecule has 30 heavy (non-hydrogen) atoms. The van der Waals surface area contributed by atoms with Gasteiger partial charge in [-0.1, -0.05) is 49.0 Å². The topological polar surface area (TPSA) is 74.3 Å². The molecule has 152 valence electrons. The molecule has 0 saturated heterocycles. The zero-order valence-corrected chi connectivity index (χ0v) is 17.4. The van der Waals surface area contributed by atoms with Crippen LogP contribution in [0, 0.1) is 0 Å². The number of para-hydroxylation sites is 2. The molecule has 2 aromatic heterocycles. The summed E-state index contributed by atoms with van der Waals surface area (Å²) < 4.78 is 11.9. The van der Waals surface area contributed by atoms with Crippen LogP contribution in [0.4, 0.5) is 0 Å². The molecule has 0 bridgehead atoms. The molecular formula is C23H20N2O4S. The second-order valence-corrected chi connectivity index (χ2v) is 7.52. The first-order valence-electron chi connectivity index (χ1n) is 9.52. The molecule has 0 aliphatic carbocycles. The van der Waals surface area contributed by atoms with Crippen molar-refractivity contribution in [3.05, 3.63) is 88.1 Å². The Balaban J connectivity index is 1.79. The number of benzene rings is 2. The standard InChI is InChI=1S/C23H20N2O4S/c1-3-15-8-4-7-11-19(15)25-21(26)17-9-5-6-10-18(17)24-23(25)30-14-16-12-13-20(29-16)22(27)28-2/h4-13H,3,14H2,1-2H3. The Morgan fingerprint density at radius 1 is 1.10 bits per heavy atom. The second-order valence-electron chi connectivity index (χ2n) is 6.58. The highest BCUT2D eigenvalue weighted by atomic mass is 32.2. The third-order valence-corrected chi connectivity index (χ3v) is 5.71. The van der Waals surface area contributed by atoms with Gasteiger partial charge in [0.25, 0.3) is 5.56 Å². The Hall–Kier alpha value is -3.32. The van der Waals surface area contributed by atoms with E-state index in [2.05, 4.69) is 11.7 Å². The van der Waals surface area contributed by atoms with Crippen molar-refractivity contribution in [1.29, 1.82) is 0 Å². The Bertz CT molecular complexity index is 1280. The first-order chi connectivity index (χ1) is 14.6. The smallest absolute Gasteiger partial charge is 0.373 e. The Morgan fingerprint density at radius 3 is 2.67 bits per heavy atom. The van der Waals surface area contributed by atoms with Crippen molar-refractivity contribution >= 4 is 28.6 Å². The highest BCUT2D eigenvalue weighted by Gasteiger charge is 2.17. The van der Waals surface area contributed by atoms with E-state index < -0.39 is 5.97 Å². The molecule has 0 N–H and O–H groups in total. The summed E-state index contributed by atoms with van der Waals surface area (Å²) in [5.41, 5.74) is 2.41. The second kappa shape index (κ2) is 8.59. The van der Waals surface area contributed by atoms with Crippen LogP contribution in [0.3, 0.4) is 0 Å². The quantitative estimate of drug-likeness (QED) is 0.257. The van der Waals surface area contributed by atoms with Gasteiger partial charge in [-0.3, -0.25) is 9.36 Å². The van der Waals surface area contributed by atoms with Crippen molar-refractivity contribution in [2.75, 3.05) is 7.11 Å². The molecule has 2 heterocycles. The molecule has 6 nitrogen and oxygen atoms in total. The molecule has 0 aliphatic rings. The normalized spacial score (nSPS) is 11.0. The molecule has 0 aliphatic heterocycles. The van der Waals surface area contributed by atoms with Gasteiger partial charge in [-0.25, -0.2) is 9.78 Å². The third-order valence-electron chi connectivity index (χ3n) is 4.75. The van der Waals surface area contributed by atoms with Crippen molar-refractivity contribution in [2.45, 2.75) is 24.3 Å². The lowest BCUT2D eigenvalue weighted by molar-refractivity contribution is 0.0563. The highest BCUT2D eigenvalue weighted by Crippen LogP contribution is 2.27. The molecule has 0 radical (unpaired) electrons.